The van der Waals surface area contributed by atoms with E-state index in [4.69, 9.17) is 16.3 Å². The lowest BCUT2D eigenvalue weighted by atomic mass is 9.89. The van der Waals surface area contributed by atoms with Crippen molar-refractivity contribution in [1.82, 2.24) is 4.98 Å². The number of nitrogens with one attached hydrogen (secondary N) is 1. The van der Waals surface area contributed by atoms with E-state index in [-0.39, 0.29) is 37.6 Å². The van der Waals surface area contributed by atoms with E-state index in [0.717, 1.165) is 10.9 Å². The van der Waals surface area contributed by atoms with Crippen LogP contribution >= 0.6 is 11.6 Å². The second-order valence-electron chi connectivity index (χ2n) is 8.56. The summed E-state index contributed by atoms with van der Waals surface area (Å²) in [6.07, 6.45) is -0.235. The molecule has 5 rings (SSSR count). The highest BCUT2D eigenvalue weighted by atomic mass is 35.5. The number of benzene rings is 2. The molecule has 1 fully saturated rings. The number of pyridine rings is 1. The van der Waals surface area contributed by atoms with Crippen molar-refractivity contribution in [2.75, 3.05) is 29.9 Å². The number of anilines is 2. The number of β-amino-alcohol motifs (C(OH)–C–C–N with tert-alkyl or cyclic N) is 1. The van der Waals surface area contributed by atoms with E-state index in [9.17, 15) is 19.4 Å². The van der Waals surface area contributed by atoms with Crippen LogP contribution in [0.3, 0.4) is 0 Å². The van der Waals surface area contributed by atoms with Crippen LogP contribution in [0.2, 0.25) is 5.02 Å². The average molecular weight is 472 g/mol. The first-order valence-electron chi connectivity index (χ1n) is 10.8. The van der Waals surface area contributed by atoms with Crippen LogP contribution in [0.4, 0.5) is 15.9 Å². The SMILES string of the molecule is O=C1CCc2c(OC[C@]3(O)CCN(c4ccc5cc(Cl)ccc5n4)C[C@H]3O)ccc(F)c2N1. The highest BCUT2D eigenvalue weighted by molar-refractivity contribution is 6.31. The number of hydrogen-bond acceptors (Lipinski definition) is 6. The third-order valence-electron chi connectivity index (χ3n) is 6.35. The van der Waals surface area contributed by atoms with Gasteiger partial charge in [-0.05, 0) is 55.3 Å². The molecule has 33 heavy (non-hydrogen) atoms. The van der Waals surface area contributed by atoms with Gasteiger partial charge in [-0.1, -0.05) is 11.6 Å². The zero-order chi connectivity index (χ0) is 23.2. The Morgan fingerprint density at radius 2 is 2.09 bits per heavy atom. The zero-order valence-electron chi connectivity index (χ0n) is 17.7. The van der Waals surface area contributed by atoms with Gasteiger partial charge < -0.3 is 25.2 Å². The zero-order valence-corrected chi connectivity index (χ0v) is 18.5. The van der Waals surface area contributed by atoms with Crippen LogP contribution in [0.25, 0.3) is 10.9 Å². The van der Waals surface area contributed by atoms with Gasteiger partial charge in [0.1, 0.15) is 35.7 Å². The number of piperidine rings is 1. The number of rotatable bonds is 4. The summed E-state index contributed by atoms with van der Waals surface area (Å²) < 4.78 is 19.9. The van der Waals surface area contributed by atoms with Crippen molar-refractivity contribution < 1.29 is 24.1 Å². The number of aliphatic hydroxyl groups excluding tert-OH is 1. The smallest absolute Gasteiger partial charge is 0.224 e. The highest BCUT2D eigenvalue weighted by Crippen LogP contribution is 2.35. The quantitative estimate of drug-likeness (QED) is 0.540. The number of halogens is 2. The lowest BCUT2D eigenvalue weighted by Gasteiger charge is -2.42. The third kappa shape index (κ3) is 4.21. The van der Waals surface area contributed by atoms with Crippen molar-refractivity contribution in [2.45, 2.75) is 31.0 Å². The molecule has 0 radical (unpaired) electrons. The number of amides is 1. The molecule has 3 heterocycles. The van der Waals surface area contributed by atoms with E-state index in [1.54, 1.807) is 6.07 Å². The molecular weight excluding hydrogens is 449 g/mol. The molecule has 2 atom stereocenters. The summed E-state index contributed by atoms with van der Waals surface area (Å²) in [7, 11) is 0. The van der Waals surface area contributed by atoms with E-state index in [1.165, 1.54) is 12.1 Å². The average Bonchev–Trinajstić information content (AvgIpc) is 2.80. The van der Waals surface area contributed by atoms with Crippen LogP contribution in [0.5, 0.6) is 5.75 Å². The predicted octanol–water partition coefficient (Wildman–Crippen LogP) is 3.29. The van der Waals surface area contributed by atoms with Crippen LogP contribution in [-0.4, -0.2) is 52.5 Å². The largest absolute Gasteiger partial charge is 0.490 e. The number of hydrogen-bond donors (Lipinski definition) is 3. The molecule has 172 valence electrons. The molecule has 7 nitrogen and oxygen atoms in total. The molecule has 2 aromatic carbocycles. The first kappa shape index (κ1) is 21.9. The van der Waals surface area contributed by atoms with Crippen LogP contribution in [-0.2, 0) is 11.2 Å². The minimum atomic E-state index is -1.47. The topological polar surface area (TPSA) is 94.9 Å². The summed E-state index contributed by atoms with van der Waals surface area (Å²) >= 11 is 6.04. The summed E-state index contributed by atoms with van der Waals surface area (Å²) in [4.78, 5) is 18.2. The van der Waals surface area contributed by atoms with Gasteiger partial charge in [0.2, 0.25) is 5.91 Å². The molecule has 2 aliphatic heterocycles. The molecule has 3 aromatic rings. The van der Waals surface area contributed by atoms with Crippen molar-refractivity contribution in [1.29, 1.82) is 0 Å². The minimum Gasteiger partial charge on any atom is -0.490 e. The van der Waals surface area contributed by atoms with Crippen LogP contribution < -0.4 is 15.0 Å². The fourth-order valence-corrected chi connectivity index (χ4v) is 4.55. The molecule has 0 saturated carbocycles. The molecule has 3 N–H and O–H groups in total. The third-order valence-corrected chi connectivity index (χ3v) is 6.59. The molecule has 0 unspecified atom stereocenters. The maximum Gasteiger partial charge on any atom is 0.224 e. The number of nitrogens with zero attached hydrogens (tertiary/aromatic N) is 2. The standard InChI is InChI=1S/C24H23ClFN3O4/c25-15-2-5-18-14(11-15)1-7-21(27-18)29-10-9-24(32,20(30)12-29)13-33-19-6-4-17(26)23-16(19)3-8-22(31)28-23/h1-2,4-7,11,20,30,32H,3,8-10,12-13H2,(H,28,31)/t20-,24-/m1/s1. The molecule has 9 heteroatoms. The van der Waals surface area contributed by atoms with Gasteiger partial charge >= 0.3 is 0 Å². The predicted molar refractivity (Wildman–Crippen MR) is 123 cm³/mol. The summed E-state index contributed by atoms with van der Waals surface area (Å²) in [5, 5.41) is 26.0. The number of fused-ring (bicyclic) bond motifs is 2. The maximum atomic E-state index is 14.1. The molecule has 1 saturated heterocycles. The Hall–Kier alpha value is -2.94. The number of ether oxygens (including phenoxy) is 1. The van der Waals surface area contributed by atoms with Crippen molar-refractivity contribution in [2.24, 2.45) is 0 Å². The number of aliphatic hydroxyl groups is 2. The lowest BCUT2D eigenvalue weighted by molar-refractivity contribution is -0.116. The summed E-state index contributed by atoms with van der Waals surface area (Å²) in [6, 6.07) is 12.0. The molecule has 0 spiro atoms. The van der Waals surface area contributed by atoms with Gasteiger partial charge in [0.15, 0.2) is 0 Å². The van der Waals surface area contributed by atoms with Gasteiger partial charge in [-0.25, -0.2) is 9.37 Å². The van der Waals surface area contributed by atoms with E-state index < -0.39 is 17.5 Å². The van der Waals surface area contributed by atoms with Gasteiger partial charge in [0, 0.05) is 35.5 Å². The van der Waals surface area contributed by atoms with Gasteiger partial charge in [0.25, 0.3) is 0 Å². The van der Waals surface area contributed by atoms with Crippen molar-refractivity contribution >= 4 is 39.9 Å². The van der Waals surface area contributed by atoms with E-state index in [1.807, 2.05) is 29.2 Å². The maximum absolute atomic E-state index is 14.1. The summed E-state index contributed by atoms with van der Waals surface area (Å²) in [5.74, 6) is 0.326. The molecule has 1 aromatic heterocycles. The van der Waals surface area contributed by atoms with E-state index >= 15 is 0 Å². The fourth-order valence-electron chi connectivity index (χ4n) is 4.37. The molecule has 1 amide bonds. The van der Waals surface area contributed by atoms with Crippen molar-refractivity contribution in [3.05, 3.63) is 58.9 Å². The highest BCUT2D eigenvalue weighted by Gasteiger charge is 2.42. The van der Waals surface area contributed by atoms with Gasteiger partial charge in [-0.15, -0.1) is 0 Å². The summed E-state index contributed by atoms with van der Waals surface area (Å²) in [6.45, 7) is 0.502. The van der Waals surface area contributed by atoms with Crippen LogP contribution in [0.15, 0.2) is 42.5 Å². The van der Waals surface area contributed by atoms with Crippen LogP contribution in [0, 0.1) is 5.82 Å². The monoisotopic (exact) mass is 471 g/mol. The first-order chi connectivity index (χ1) is 15.8. The number of aromatic nitrogens is 1. The van der Waals surface area contributed by atoms with Crippen molar-refractivity contribution in [3.8, 4) is 5.75 Å². The number of carbonyl (C=O) groups excluding carboxylic acids is 1. The normalized spacial score (nSPS) is 22.7. The number of carbonyl (C=O) groups is 1. The Kier molecular flexibility index (Phi) is 5.60. The Morgan fingerprint density at radius 1 is 1.24 bits per heavy atom. The van der Waals surface area contributed by atoms with Crippen LogP contribution in [0.1, 0.15) is 18.4 Å². The fraction of sp³-hybridized carbons (Fsp3) is 0.333. The molecular formula is C24H23ClFN3O4. The van der Waals surface area contributed by atoms with E-state index in [0.29, 0.717) is 35.1 Å². The van der Waals surface area contributed by atoms with E-state index in [2.05, 4.69) is 10.3 Å². The van der Waals surface area contributed by atoms with Crippen molar-refractivity contribution in [3.63, 3.8) is 0 Å². The Labute approximate surface area is 194 Å². The van der Waals surface area contributed by atoms with Gasteiger partial charge in [-0.2, -0.15) is 0 Å². The van der Waals surface area contributed by atoms with Gasteiger partial charge in [-0.3, -0.25) is 4.79 Å². The molecule has 2 aliphatic rings. The van der Waals surface area contributed by atoms with Gasteiger partial charge in [0.05, 0.1) is 11.2 Å². The minimum absolute atomic E-state index is 0.120. The Balaban J connectivity index is 1.29. The summed E-state index contributed by atoms with van der Waals surface area (Å²) in [5.41, 5.74) is 0.00385. The second-order valence-corrected chi connectivity index (χ2v) is 8.99. The molecule has 0 bridgehead atoms. The molecule has 0 aliphatic carbocycles. The lowest BCUT2D eigenvalue weighted by Crippen LogP contribution is -2.58. The Morgan fingerprint density at radius 3 is 2.91 bits per heavy atom. The second kappa shape index (κ2) is 8.44. The Bertz CT molecular complexity index is 1240. The first-order valence-corrected chi connectivity index (χ1v) is 11.2.